The molecule has 2 N–H and O–H groups in total. The molecule has 174 valence electrons. The zero-order valence-corrected chi connectivity index (χ0v) is 20.5. The molecule has 1 aromatic carbocycles. The lowest BCUT2D eigenvalue weighted by Gasteiger charge is -2.30. The summed E-state index contributed by atoms with van der Waals surface area (Å²) in [5, 5.41) is 6.74. The van der Waals surface area contributed by atoms with Crippen LogP contribution in [-0.4, -0.2) is 63.9 Å². The maximum absolute atomic E-state index is 13.1. The van der Waals surface area contributed by atoms with Crippen LogP contribution < -0.4 is 10.7 Å². The lowest BCUT2D eigenvalue weighted by Crippen LogP contribution is -2.49. The quantitative estimate of drug-likeness (QED) is 0.393. The van der Waals surface area contributed by atoms with Crippen LogP contribution in [0.3, 0.4) is 0 Å². The average Bonchev–Trinajstić information content (AvgIpc) is 3.52. The molecule has 3 fully saturated rings. The predicted octanol–water partition coefficient (Wildman–Crippen LogP) is 3.31. The maximum Gasteiger partial charge on any atom is 0.261 e. The van der Waals surface area contributed by atoms with E-state index in [2.05, 4.69) is 59.3 Å². The molecule has 4 unspecified atom stereocenters. The van der Waals surface area contributed by atoms with Crippen LogP contribution in [0.2, 0.25) is 5.02 Å². The number of benzene rings is 1. The third-order valence-electron chi connectivity index (χ3n) is 7.37. The fourth-order valence-electron chi connectivity index (χ4n) is 5.57. The van der Waals surface area contributed by atoms with Gasteiger partial charge in [0.25, 0.3) is 5.91 Å². The molecule has 8 heteroatoms. The molecule has 4 heterocycles. The largest absolute Gasteiger partial charge is 0.306 e. The van der Waals surface area contributed by atoms with Crippen LogP contribution in [0.15, 0.2) is 53.1 Å². The molecule has 33 heavy (non-hydrogen) atoms. The van der Waals surface area contributed by atoms with Gasteiger partial charge in [-0.15, -0.1) is 0 Å². The Morgan fingerprint density at radius 3 is 2.91 bits per heavy atom. The predicted molar refractivity (Wildman–Crippen MR) is 136 cm³/mol. The van der Waals surface area contributed by atoms with Crippen molar-refractivity contribution in [2.75, 3.05) is 19.5 Å². The molecule has 6 nitrogen and oxygen atoms in total. The molecule has 1 aliphatic carbocycles. The molecule has 0 radical (unpaired) electrons. The Bertz CT molecular complexity index is 1110. The number of hydrogen-bond donors (Lipinski definition) is 2. The molecule has 0 bridgehead atoms. The highest BCUT2D eigenvalue weighted by molar-refractivity contribution is 8.16. The SMILES string of the molecule is CC1C=C2C3C(=S(C)C2C=N1)N1CNN(C(=O)C=CC2CC2)[C@@H]1CN[C@@H]3c1ccccc1Cl. The Hall–Kier alpha value is -1.77. The molecule has 5 aliphatic rings. The van der Waals surface area contributed by atoms with Gasteiger partial charge in [-0.1, -0.05) is 42.0 Å². The number of hydrogen-bond acceptors (Lipinski definition) is 5. The number of dihydropyridines is 1. The normalized spacial score (nSPS) is 35.9. The van der Waals surface area contributed by atoms with E-state index in [9.17, 15) is 4.79 Å². The minimum Gasteiger partial charge on any atom is -0.306 e. The number of halogens is 1. The van der Waals surface area contributed by atoms with Crippen molar-refractivity contribution in [3.63, 3.8) is 0 Å². The second kappa shape index (κ2) is 8.47. The Morgan fingerprint density at radius 2 is 2.12 bits per heavy atom. The highest BCUT2D eigenvalue weighted by Crippen LogP contribution is 2.49. The lowest BCUT2D eigenvalue weighted by atomic mass is 9.83. The molecular weight excluding hydrogens is 454 g/mol. The Morgan fingerprint density at radius 1 is 1.30 bits per heavy atom. The van der Waals surface area contributed by atoms with Gasteiger partial charge in [-0.3, -0.25) is 14.8 Å². The minimum atomic E-state index is -0.0728. The molecule has 0 spiro atoms. The monoisotopic (exact) mass is 483 g/mol. The van der Waals surface area contributed by atoms with E-state index in [1.165, 1.54) is 23.4 Å². The van der Waals surface area contributed by atoms with Crippen LogP contribution in [-0.2, 0) is 4.79 Å². The molecule has 0 aromatic heterocycles. The highest BCUT2D eigenvalue weighted by atomic mass is 35.5. The highest BCUT2D eigenvalue weighted by Gasteiger charge is 2.50. The molecule has 4 aliphatic heterocycles. The first-order valence-electron chi connectivity index (χ1n) is 11.8. The van der Waals surface area contributed by atoms with E-state index in [-0.39, 0.29) is 40.6 Å². The molecule has 1 amide bonds. The van der Waals surface area contributed by atoms with Crippen molar-refractivity contribution in [1.82, 2.24) is 20.7 Å². The van der Waals surface area contributed by atoms with E-state index in [1.807, 2.05) is 17.1 Å². The number of rotatable bonds is 3. The van der Waals surface area contributed by atoms with E-state index >= 15 is 0 Å². The number of allylic oxidation sites excluding steroid dienone is 1. The van der Waals surface area contributed by atoms with E-state index in [4.69, 9.17) is 16.6 Å². The lowest BCUT2D eigenvalue weighted by molar-refractivity contribution is -0.130. The summed E-state index contributed by atoms with van der Waals surface area (Å²) in [6.45, 7) is 3.46. The van der Waals surface area contributed by atoms with Crippen molar-refractivity contribution < 1.29 is 4.79 Å². The van der Waals surface area contributed by atoms with Crippen LogP contribution in [0.1, 0.15) is 31.4 Å². The molecule has 6 rings (SSSR count). The fraction of sp³-hybridized carbons (Fsp3) is 0.480. The van der Waals surface area contributed by atoms with Gasteiger partial charge in [-0.25, -0.2) is 10.3 Å². The van der Waals surface area contributed by atoms with Crippen molar-refractivity contribution in [3.05, 3.63) is 58.7 Å². The van der Waals surface area contributed by atoms with Gasteiger partial charge in [0.1, 0.15) is 6.17 Å². The number of aliphatic imine (C=N–C) groups is 1. The number of carbonyl (C=O) groups excluding carboxylic acids is 1. The molecule has 1 aromatic rings. The van der Waals surface area contributed by atoms with Crippen molar-refractivity contribution in [2.24, 2.45) is 16.8 Å². The summed E-state index contributed by atoms with van der Waals surface area (Å²) in [6, 6.07) is 8.39. The Labute approximate surface area is 202 Å². The summed E-state index contributed by atoms with van der Waals surface area (Å²) in [4.78, 5) is 21.6. The van der Waals surface area contributed by atoms with Crippen molar-refractivity contribution >= 4 is 39.2 Å². The maximum atomic E-state index is 13.1. The first-order valence-corrected chi connectivity index (χ1v) is 13.9. The van der Waals surface area contributed by atoms with Gasteiger partial charge in [0.15, 0.2) is 0 Å². The summed E-state index contributed by atoms with van der Waals surface area (Å²) in [5.74, 6) is 0.808. The van der Waals surface area contributed by atoms with Gasteiger partial charge in [0, 0.05) is 40.8 Å². The summed E-state index contributed by atoms with van der Waals surface area (Å²) in [7, 11) is -0.0269. The topological polar surface area (TPSA) is 60.0 Å². The number of hydrazine groups is 1. The molecular formula is C25H30ClN5OS. The fourth-order valence-corrected chi connectivity index (χ4v) is 8.20. The number of amides is 1. The third-order valence-corrected chi connectivity index (χ3v) is 10.0. The van der Waals surface area contributed by atoms with Crippen LogP contribution in [0, 0.1) is 11.8 Å². The summed E-state index contributed by atoms with van der Waals surface area (Å²) >= 11 is 6.73. The zero-order valence-electron chi connectivity index (χ0n) is 18.9. The Kier molecular flexibility index (Phi) is 5.58. The summed E-state index contributed by atoms with van der Waals surface area (Å²) < 4.78 is 0. The van der Waals surface area contributed by atoms with Gasteiger partial charge in [0.2, 0.25) is 0 Å². The van der Waals surface area contributed by atoms with Crippen molar-refractivity contribution in [3.8, 4) is 0 Å². The van der Waals surface area contributed by atoms with Gasteiger partial charge in [-0.05, 0) is 49.1 Å². The van der Waals surface area contributed by atoms with Gasteiger partial charge in [-0.2, -0.15) is 10.5 Å². The number of nitrogens with one attached hydrogen (secondary N) is 2. The van der Waals surface area contributed by atoms with Crippen molar-refractivity contribution in [2.45, 2.75) is 43.3 Å². The molecule has 2 saturated heterocycles. The number of fused-ring (bicyclic) bond motifs is 5. The van der Waals surface area contributed by atoms with Gasteiger partial charge in [0.05, 0.1) is 18.0 Å². The zero-order chi connectivity index (χ0) is 22.7. The first kappa shape index (κ1) is 21.7. The minimum absolute atomic E-state index is 0.0269. The Balaban J connectivity index is 1.42. The van der Waals surface area contributed by atoms with Crippen LogP contribution >= 0.6 is 22.1 Å². The van der Waals surface area contributed by atoms with E-state index in [1.54, 1.807) is 6.08 Å². The van der Waals surface area contributed by atoms with E-state index in [0.29, 0.717) is 24.4 Å². The van der Waals surface area contributed by atoms with Crippen LogP contribution in [0.25, 0.3) is 0 Å². The average molecular weight is 484 g/mol. The van der Waals surface area contributed by atoms with Crippen LogP contribution in [0.5, 0.6) is 0 Å². The second-order valence-corrected chi connectivity index (χ2v) is 12.0. The second-order valence-electron chi connectivity index (χ2n) is 9.58. The number of carbonyl (C=O) groups is 1. The van der Waals surface area contributed by atoms with Gasteiger partial charge < -0.3 is 5.32 Å². The van der Waals surface area contributed by atoms with E-state index in [0.717, 1.165) is 10.6 Å². The summed E-state index contributed by atoms with van der Waals surface area (Å²) in [5.41, 5.74) is 5.94. The standard InChI is InChI=1S/C25H30ClN5OS/c1-15-11-18-20(12-27-15)33(2)25-23(18)24(17-5-3-4-6-19(17)26)28-13-21-30(25)14-29-31(21)22(32)10-9-16-7-8-16/h3-6,9-12,15-16,20-21,23-24,28-29H,7-8,13-14H2,1-2H3/t15?,20?,21-,23?,24-,33?/m1/s1. The van der Waals surface area contributed by atoms with E-state index < -0.39 is 0 Å². The van der Waals surface area contributed by atoms with Gasteiger partial charge >= 0.3 is 0 Å². The molecule has 6 atom stereocenters. The third kappa shape index (κ3) is 3.74. The van der Waals surface area contributed by atoms with Crippen molar-refractivity contribution in [1.29, 1.82) is 0 Å². The molecule has 1 saturated carbocycles. The first-order chi connectivity index (χ1) is 16.0. The van der Waals surface area contributed by atoms with Crippen LogP contribution in [0.4, 0.5) is 0 Å². The summed E-state index contributed by atoms with van der Waals surface area (Å²) in [6.07, 6.45) is 13.0. The smallest absolute Gasteiger partial charge is 0.261 e. The number of nitrogens with zero attached hydrogens (tertiary/aromatic N) is 3.